The summed E-state index contributed by atoms with van der Waals surface area (Å²) in [6.07, 6.45) is 0. The van der Waals surface area contributed by atoms with Crippen LogP contribution in [0.4, 0.5) is 10.1 Å². The predicted octanol–water partition coefficient (Wildman–Crippen LogP) is 4.64. The highest BCUT2D eigenvalue weighted by Crippen LogP contribution is 2.35. The maximum atomic E-state index is 13.3. The highest BCUT2D eigenvalue weighted by atomic mass is 19.1. The number of aromatic hydroxyl groups is 1. The summed E-state index contributed by atoms with van der Waals surface area (Å²) in [6, 6.07) is 16.9. The summed E-state index contributed by atoms with van der Waals surface area (Å²) in [7, 11) is 3.10. The zero-order chi connectivity index (χ0) is 25.2. The normalized spacial score (nSPS) is 14.2. The Hall–Kier alpha value is -4.04. The molecule has 7 nitrogen and oxygen atoms in total. The first-order valence-electron chi connectivity index (χ1n) is 11.7. The first-order chi connectivity index (χ1) is 17.5. The molecule has 0 atom stereocenters. The Morgan fingerprint density at radius 2 is 1.67 bits per heavy atom. The lowest BCUT2D eigenvalue weighted by Gasteiger charge is -2.36. The van der Waals surface area contributed by atoms with E-state index in [1.54, 1.807) is 62.8 Å². The zero-order valence-corrected chi connectivity index (χ0v) is 20.2. The topological polar surface area (TPSA) is 75.4 Å². The van der Waals surface area contributed by atoms with E-state index in [2.05, 4.69) is 9.80 Å². The number of piperazine rings is 1. The van der Waals surface area contributed by atoms with Gasteiger partial charge in [-0.05, 0) is 60.7 Å². The van der Waals surface area contributed by atoms with Crippen LogP contribution in [0.3, 0.4) is 0 Å². The summed E-state index contributed by atoms with van der Waals surface area (Å²) in [4.78, 5) is 17.5. The van der Waals surface area contributed by atoms with E-state index in [4.69, 9.17) is 13.9 Å². The molecule has 1 N–H and O–H groups in total. The van der Waals surface area contributed by atoms with E-state index in [-0.39, 0.29) is 11.6 Å². The first-order valence-corrected chi connectivity index (χ1v) is 11.7. The van der Waals surface area contributed by atoms with Gasteiger partial charge in [0.2, 0.25) is 0 Å². The molecule has 5 rings (SSSR count). The number of phenols is 1. The van der Waals surface area contributed by atoms with Crippen molar-refractivity contribution in [3.8, 4) is 28.4 Å². The number of phenolic OH excluding ortho intramolecular Hbond substituents is 1. The molecule has 0 spiro atoms. The van der Waals surface area contributed by atoms with Crippen LogP contribution in [0.25, 0.3) is 22.1 Å². The van der Waals surface area contributed by atoms with Gasteiger partial charge in [0.15, 0.2) is 0 Å². The Morgan fingerprint density at radius 1 is 0.917 bits per heavy atom. The summed E-state index contributed by atoms with van der Waals surface area (Å²) in [5, 5.41) is 11.4. The Morgan fingerprint density at radius 3 is 2.36 bits per heavy atom. The number of benzene rings is 3. The minimum absolute atomic E-state index is 0.0818. The molecule has 0 radical (unpaired) electrons. The number of rotatable bonds is 6. The number of ether oxygens (including phenoxy) is 2. The number of fused-ring (bicyclic) bond motifs is 1. The first kappa shape index (κ1) is 23.7. The van der Waals surface area contributed by atoms with Gasteiger partial charge in [-0.25, -0.2) is 9.18 Å². The van der Waals surface area contributed by atoms with Gasteiger partial charge < -0.3 is 23.9 Å². The van der Waals surface area contributed by atoms with Crippen molar-refractivity contribution in [3.63, 3.8) is 0 Å². The van der Waals surface area contributed by atoms with E-state index in [1.807, 2.05) is 0 Å². The standard InChI is InChI=1S/C28H27FN2O5/c1-34-21-8-10-26(35-2)22(16-21)23-15-18-3-9-25(32)24(27(18)36-28(23)33)17-30-11-13-31(14-12-30)20-6-4-19(29)5-7-20/h3-10,15-16,32H,11-14,17H2,1-2H3. The van der Waals surface area contributed by atoms with Crippen molar-refractivity contribution >= 4 is 16.7 Å². The highest BCUT2D eigenvalue weighted by molar-refractivity contribution is 5.87. The molecule has 1 fully saturated rings. The fraction of sp³-hybridized carbons (Fsp3) is 0.250. The fourth-order valence-corrected chi connectivity index (χ4v) is 4.64. The molecule has 0 bridgehead atoms. The molecule has 1 saturated heterocycles. The second-order valence-corrected chi connectivity index (χ2v) is 8.73. The number of halogens is 1. The second kappa shape index (κ2) is 9.91. The van der Waals surface area contributed by atoms with Gasteiger partial charge in [-0.2, -0.15) is 0 Å². The summed E-state index contributed by atoms with van der Waals surface area (Å²) >= 11 is 0. The quantitative estimate of drug-likeness (QED) is 0.395. The minimum atomic E-state index is -0.526. The number of methoxy groups -OCH3 is 2. The molecule has 0 amide bonds. The van der Waals surface area contributed by atoms with Crippen LogP contribution < -0.4 is 20.0 Å². The highest BCUT2D eigenvalue weighted by Gasteiger charge is 2.22. The monoisotopic (exact) mass is 490 g/mol. The van der Waals surface area contributed by atoms with Crippen molar-refractivity contribution < 1.29 is 23.4 Å². The van der Waals surface area contributed by atoms with Crippen LogP contribution >= 0.6 is 0 Å². The van der Waals surface area contributed by atoms with E-state index < -0.39 is 5.63 Å². The molecular formula is C28H27FN2O5. The summed E-state index contributed by atoms with van der Waals surface area (Å²) in [5.41, 5.74) is 2.31. The molecule has 1 aromatic heterocycles. The van der Waals surface area contributed by atoms with Gasteiger partial charge in [0.1, 0.15) is 28.6 Å². The SMILES string of the molecule is COc1ccc(OC)c(-c2cc3ccc(O)c(CN4CCN(c5ccc(F)cc5)CC4)c3oc2=O)c1. The average molecular weight is 491 g/mol. The summed E-state index contributed by atoms with van der Waals surface area (Å²) in [5.74, 6) is 0.952. The molecule has 186 valence electrons. The van der Waals surface area contributed by atoms with E-state index in [0.29, 0.717) is 45.7 Å². The van der Waals surface area contributed by atoms with Crippen LogP contribution in [-0.4, -0.2) is 50.4 Å². The van der Waals surface area contributed by atoms with Crippen LogP contribution in [0.15, 0.2) is 69.9 Å². The molecular weight excluding hydrogens is 463 g/mol. The van der Waals surface area contributed by atoms with E-state index in [1.165, 1.54) is 12.1 Å². The number of nitrogens with zero attached hydrogens (tertiary/aromatic N) is 2. The molecule has 1 aliphatic heterocycles. The maximum Gasteiger partial charge on any atom is 0.344 e. The van der Waals surface area contributed by atoms with Crippen molar-refractivity contribution in [1.29, 1.82) is 0 Å². The number of anilines is 1. The Labute approximate surface area is 207 Å². The average Bonchev–Trinajstić information content (AvgIpc) is 2.90. The summed E-state index contributed by atoms with van der Waals surface area (Å²) < 4.78 is 29.8. The summed E-state index contributed by atoms with van der Waals surface area (Å²) in [6.45, 7) is 3.46. The molecule has 0 unspecified atom stereocenters. The van der Waals surface area contributed by atoms with Gasteiger partial charge in [-0.1, -0.05) is 0 Å². The Bertz CT molecular complexity index is 1440. The Balaban J connectivity index is 1.42. The van der Waals surface area contributed by atoms with Crippen molar-refractivity contribution in [1.82, 2.24) is 4.90 Å². The van der Waals surface area contributed by atoms with Crippen molar-refractivity contribution in [2.45, 2.75) is 6.54 Å². The van der Waals surface area contributed by atoms with Gasteiger partial charge in [0.25, 0.3) is 0 Å². The maximum absolute atomic E-state index is 13.3. The second-order valence-electron chi connectivity index (χ2n) is 8.73. The van der Waals surface area contributed by atoms with E-state index in [9.17, 15) is 14.3 Å². The van der Waals surface area contributed by atoms with Crippen LogP contribution in [0.1, 0.15) is 5.56 Å². The zero-order valence-electron chi connectivity index (χ0n) is 20.2. The number of hydrogen-bond donors (Lipinski definition) is 1. The molecule has 3 aromatic carbocycles. The van der Waals surface area contributed by atoms with Crippen molar-refractivity contribution in [2.24, 2.45) is 0 Å². The fourth-order valence-electron chi connectivity index (χ4n) is 4.64. The van der Waals surface area contributed by atoms with Crippen LogP contribution in [0, 0.1) is 5.82 Å². The lowest BCUT2D eigenvalue weighted by molar-refractivity contribution is 0.246. The molecule has 8 heteroatoms. The van der Waals surface area contributed by atoms with Gasteiger partial charge in [0, 0.05) is 49.4 Å². The smallest absolute Gasteiger partial charge is 0.344 e. The van der Waals surface area contributed by atoms with Gasteiger partial charge in [-0.3, -0.25) is 4.90 Å². The van der Waals surface area contributed by atoms with Crippen molar-refractivity contribution in [3.05, 3.63) is 82.5 Å². The lowest BCUT2D eigenvalue weighted by atomic mass is 10.0. The molecule has 2 heterocycles. The van der Waals surface area contributed by atoms with Gasteiger partial charge >= 0.3 is 5.63 Å². The Kier molecular flexibility index (Phi) is 6.52. The molecule has 0 aliphatic carbocycles. The van der Waals surface area contributed by atoms with E-state index in [0.717, 1.165) is 31.9 Å². The minimum Gasteiger partial charge on any atom is -0.507 e. The van der Waals surface area contributed by atoms with Gasteiger partial charge in [0.05, 0.1) is 25.3 Å². The third kappa shape index (κ3) is 4.59. The molecule has 4 aromatic rings. The lowest BCUT2D eigenvalue weighted by Crippen LogP contribution is -2.46. The third-order valence-electron chi connectivity index (χ3n) is 6.62. The van der Waals surface area contributed by atoms with Gasteiger partial charge in [-0.15, -0.1) is 0 Å². The van der Waals surface area contributed by atoms with E-state index >= 15 is 0 Å². The molecule has 36 heavy (non-hydrogen) atoms. The van der Waals surface area contributed by atoms with Crippen LogP contribution in [0.5, 0.6) is 17.2 Å². The number of hydrogen-bond acceptors (Lipinski definition) is 7. The molecule has 1 aliphatic rings. The van der Waals surface area contributed by atoms with Crippen LogP contribution in [0.2, 0.25) is 0 Å². The van der Waals surface area contributed by atoms with Crippen molar-refractivity contribution in [2.75, 3.05) is 45.3 Å². The third-order valence-corrected chi connectivity index (χ3v) is 6.62. The van der Waals surface area contributed by atoms with Crippen LogP contribution in [-0.2, 0) is 6.54 Å². The molecule has 0 saturated carbocycles. The largest absolute Gasteiger partial charge is 0.507 e. The predicted molar refractivity (Wildman–Crippen MR) is 137 cm³/mol.